The molecule has 8 heteroatoms. The first kappa shape index (κ1) is 15.3. The molecular weight excluding hydrogens is 295 g/mol. The second kappa shape index (κ2) is 6.13. The van der Waals surface area contributed by atoms with Crippen LogP contribution in [-0.4, -0.2) is 35.3 Å². The van der Waals surface area contributed by atoms with Crippen LogP contribution in [-0.2, 0) is 11.3 Å². The van der Waals surface area contributed by atoms with Crippen molar-refractivity contribution in [1.82, 2.24) is 9.97 Å². The molecule has 0 amide bonds. The van der Waals surface area contributed by atoms with E-state index in [-0.39, 0.29) is 23.6 Å². The number of anilines is 1. The second-order valence-corrected chi connectivity index (χ2v) is 4.96. The SMILES string of the molecule is CCOCc1nc(Cl)cc(N(CC(F)(F)F)C2CC2)n1. The zero-order valence-corrected chi connectivity index (χ0v) is 11.7. The van der Waals surface area contributed by atoms with Gasteiger partial charge in [-0.15, -0.1) is 0 Å². The molecule has 0 spiro atoms. The molecule has 1 aromatic rings. The predicted molar refractivity (Wildman–Crippen MR) is 68.8 cm³/mol. The molecule has 0 saturated heterocycles. The summed E-state index contributed by atoms with van der Waals surface area (Å²) in [5.41, 5.74) is 0. The van der Waals surface area contributed by atoms with Crippen molar-refractivity contribution >= 4 is 17.4 Å². The lowest BCUT2D eigenvalue weighted by molar-refractivity contribution is -0.120. The van der Waals surface area contributed by atoms with Gasteiger partial charge >= 0.3 is 6.18 Å². The largest absolute Gasteiger partial charge is 0.405 e. The van der Waals surface area contributed by atoms with Gasteiger partial charge in [0.15, 0.2) is 5.82 Å². The minimum absolute atomic E-state index is 0.123. The standard InChI is InChI=1S/C12H15ClF3N3O/c1-2-20-6-10-17-9(13)5-11(18-10)19(8-3-4-8)7-12(14,15)16/h5,8H,2-4,6-7H2,1H3. The number of hydrogen-bond donors (Lipinski definition) is 0. The Morgan fingerprint density at radius 1 is 1.40 bits per heavy atom. The summed E-state index contributed by atoms with van der Waals surface area (Å²) in [7, 11) is 0. The van der Waals surface area contributed by atoms with Gasteiger partial charge in [-0.3, -0.25) is 0 Å². The van der Waals surface area contributed by atoms with Crippen LogP contribution in [0.3, 0.4) is 0 Å². The van der Waals surface area contributed by atoms with E-state index in [1.165, 1.54) is 11.0 Å². The molecule has 1 heterocycles. The normalized spacial score (nSPS) is 15.4. The van der Waals surface area contributed by atoms with Crippen LogP contribution in [0, 0.1) is 0 Å². The Kier molecular flexibility index (Phi) is 4.70. The third-order valence-corrected chi connectivity index (χ3v) is 2.99. The summed E-state index contributed by atoms with van der Waals surface area (Å²) < 4.78 is 43.1. The lowest BCUT2D eigenvalue weighted by atomic mass is 10.4. The number of aromatic nitrogens is 2. The lowest BCUT2D eigenvalue weighted by Crippen LogP contribution is -2.36. The molecule has 0 atom stereocenters. The van der Waals surface area contributed by atoms with Crippen molar-refractivity contribution in [2.24, 2.45) is 0 Å². The maximum absolute atomic E-state index is 12.6. The summed E-state index contributed by atoms with van der Waals surface area (Å²) >= 11 is 5.85. The fourth-order valence-electron chi connectivity index (χ4n) is 1.83. The summed E-state index contributed by atoms with van der Waals surface area (Å²) in [6, 6.07) is 1.24. The van der Waals surface area contributed by atoms with Gasteiger partial charge in [0.05, 0.1) is 0 Å². The third-order valence-electron chi connectivity index (χ3n) is 2.79. The Bertz CT molecular complexity index is 466. The van der Waals surface area contributed by atoms with Crippen LogP contribution in [0.4, 0.5) is 19.0 Å². The van der Waals surface area contributed by atoms with Gasteiger partial charge in [0.1, 0.15) is 24.1 Å². The Balaban J connectivity index is 2.21. The molecule has 1 saturated carbocycles. The Morgan fingerprint density at radius 3 is 2.65 bits per heavy atom. The Hall–Kier alpha value is -1.08. The molecule has 20 heavy (non-hydrogen) atoms. The van der Waals surface area contributed by atoms with Crippen molar-refractivity contribution in [3.05, 3.63) is 17.0 Å². The van der Waals surface area contributed by atoms with Gasteiger partial charge < -0.3 is 9.64 Å². The van der Waals surface area contributed by atoms with E-state index in [9.17, 15) is 13.2 Å². The van der Waals surface area contributed by atoms with E-state index in [1.54, 1.807) is 0 Å². The second-order valence-electron chi connectivity index (χ2n) is 4.58. The van der Waals surface area contributed by atoms with Gasteiger partial charge in [0.2, 0.25) is 0 Å². The molecule has 0 bridgehead atoms. The number of rotatable bonds is 6. The van der Waals surface area contributed by atoms with Crippen molar-refractivity contribution in [2.75, 3.05) is 18.1 Å². The van der Waals surface area contributed by atoms with Crippen molar-refractivity contribution < 1.29 is 17.9 Å². The summed E-state index contributed by atoms with van der Waals surface area (Å²) in [6.45, 7) is 1.39. The van der Waals surface area contributed by atoms with E-state index in [1.807, 2.05) is 6.92 Å². The van der Waals surface area contributed by atoms with E-state index >= 15 is 0 Å². The summed E-state index contributed by atoms with van der Waals surface area (Å²) in [5.74, 6) is 0.502. The van der Waals surface area contributed by atoms with Crippen LogP contribution < -0.4 is 4.90 Å². The molecule has 0 radical (unpaired) electrons. The quantitative estimate of drug-likeness (QED) is 0.756. The Labute approximate surface area is 119 Å². The number of alkyl halides is 3. The minimum atomic E-state index is -4.28. The highest BCUT2D eigenvalue weighted by atomic mass is 35.5. The predicted octanol–water partition coefficient (Wildman–Crippen LogP) is 3.20. The van der Waals surface area contributed by atoms with Crippen molar-refractivity contribution in [1.29, 1.82) is 0 Å². The zero-order chi connectivity index (χ0) is 14.8. The van der Waals surface area contributed by atoms with Crippen molar-refractivity contribution in [3.8, 4) is 0 Å². The highest BCUT2D eigenvalue weighted by Crippen LogP contribution is 2.34. The van der Waals surface area contributed by atoms with Crippen molar-refractivity contribution in [3.63, 3.8) is 0 Å². The van der Waals surface area contributed by atoms with Gasteiger partial charge in [0.25, 0.3) is 0 Å². The fourth-order valence-corrected chi connectivity index (χ4v) is 2.03. The van der Waals surface area contributed by atoms with Gasteiger partial charge in [0, 0.05) is 18.7 Å². The summed E-state index contributed by atoms with van der Waals surface area (Å²) in [4.78, 5) is 9.31. The first-order chi connectivity index (χ1) is 9.39. The molecule has 4 nitrogen and oxygen atoms in total. The number of ether oxygens (including phenoxy) is 1. The molecule has 112 valence electrons. The van der Waals surface area contributed by atoms with Crippen LogP contribution in [0.1, 0.15) is 25.6 Å². The van der Waals surface area contributed by atoms with E-state index in [0.717, 1.165) is 12.8 Å². The molecule has 0 N–H and O–H groups in total. The van der Waals surface area contributed by atoms with Crippen LogP contribution >= 0.6 is 11.6 Å². The summed E-state index contributed by atoms with van der Waals surface area (Å²) in [5, 5.41) is 0.123. The maximum Gasteiger partial charge on any atom is 0.405 e. The molecule has 1 aliphatic carbocycles. The molecule has 0 unspecified atom stereocenters. The van der Waals surface area contributed by atoms with Gasteiger partial charge in [-0.25, -0.2) is 9.97 Å². The number of hydrogen-bond acceptors (Lipinski definition) is 4. The first-order valence-corrected chi connectivity index (χ1v) is 6.71. The maximum atomic E-state index is 12.6. The van der Waals surface area contributed by atoms with E-state index in [2.05, 4.69) is 9.97 Å². The lowest BCUT2D eigenvalue weighted by Gasteiger charge is -2.25. The average molecular weight is 310 g/mol. The third kappa shape index (κ3) is 4.49. The Morgan fingerprint density at radius 2 is 2.10 bits per heavy atom. The van der Waals surface area contributed by atoms with E-state index in [0.29, 0.717) is 12.4 Å². The van der Waals surface area contributed by atoms with Crippen LogP contribution in [0.15, 0.2) is 6.07 Å². The minimum Gasteiger partial charge on any atom is -0.374 e. The molecule has 2 rings (SSSR count). The smallest absolute Gasteiger partial charge is 0.374 e. The van der Waals surface area contributed by atoms with Gasteiger partial charge in [-0.2, -0.15) is 13.2 Å². The molecule has 0 aliphatic heterocycles. The van der Waals surface area contributed by atoms with E-state index in [4.69, 9.17) is 16.3 Å². The number of nitrogens with zero attached hydrogens (tertiary/aromatic N) is 3. The highest BCUT2D eigenvalue weighted by molar-refractivity contribution is 6.29. The molecular formula is C12H15ClF3N3O. The molecule has 1 aromatic heterocycles. The zero-order valence-electron chi connectivity index (χ0n) is 11.0. The average Bonchev–Trinajstić information content (AvgIpc) is 3.16. The number of halogens is 4. The fraction of sp³-hybridized carbons (Fsp3) is 0.667. The molecule has 1 aliphatic rings. The van der Waals surface area contributed by atoms with Crippen LogP contribution in [0.25, 0.3) is 0 Å². The topological polar surface area (TPSA) is 38.2 Å². The van der Waals surface area contributed by atoms with Gasteiger partial charge in [-0.05, 0) is 19.8 Å². The van der Waals surface area contributed by atoms with Gasteiger partial charge in [-0.1, -0.05) is 11.6 Å². The van der Waals surface area contributed by atoms with Crippen LogP contribution in [0.5, 0.6) is 0 Å². The highest BCUT2D eigenvalue weighted by Gasteiger charge is 2.39. The summed E-state index contributed by atoms with van der Waals surface area (Å²) in [6.07, 6.45) is -2.81. The molecule has 0 aromatic carbocycles. The van der Waals surface area contributed by atoms with Crippen LogP contribution in [0.2, 0.25) is 5.15 Å². The first-order valence-electron chi connectivity index (χ1n) is 6.33. The van der Waals surface area contributed by atoms with E-state index < -0.39 is 12.7 Å². The molecule has 1 fully saturated rings. The van der Waals surface area contributed by atoms with Crippen molar-refractivity contribution in [2.45, 2.75) is 38.6 Å². The monoisotopic (exact) mass is 309 g/mol.